The minimum atomic E-state index is -0.828. The Bertz CT molecular complexity index is 416. The molecule has 0 amide bonds. The Labute approximate surface area is 117 Å². The first-order chi connectivity index (χ1) is 9.59. The van der Waals surface area contributed by atoms with E-state index in [4.69, 9.17) is 10.2 Å². The SMILES string of the molecule is O=C(O)CNCc1ccccc1.O=C(O)[C@@H]1CCCN1. The molecule has 1 aliphatic rings. The van der Waals surface area contributed by atoms with Crippen LogP contribution in [0.15, 0.2) is 30.3 Å². The van der Waals surface area contributed by atoms with E-state index in [-0.39, 0.29) is 12.6 Å². The van der Waals surface area contributed by atoms with Gasteiger partial charge in [0.05, 0.1) is 6.54 Å². The van der Waals surface area contributed by atoms with Gasteiger partial charge in [-0.15, -0.1) is 0 Å². The van der Waals surface area contributed by atoms with Crippen LogP contribution in [0.2, 0.25) is 0 Å². The number of nitrogens with one attached hydrogen (secondary N) is 2. The van der Waals surface area contributed by atoms with Gasteiger partial charge in [-0.2, -0.15) is 0 Å². The van der Waals surface area contributed by atoms with Crippen molar-refractivity contribution in [2.75, 3.05) is 13.1 Å². The second kappa shape index (κ2) is 9.06. The largest absolute Gasteiger partial charge is 0.480 e. The van der Waals surface area contributed by atoms with Crippen molar-refractivity contribution in [3.05, 3.63) is 35.9 Å². The van der Waals surface area contributed by atoms with E-state index >= 15 is 0 Å². The first-order valence-electron chi connectivity index (χ1n) is 6.52. The standard InChI is InChI=1S/C9H11NO2.C5H9NO2/c11-9(12)7-10-6-8-4-2-1-3-5-8;7-5(8)4-2-1-3-6-4/h1-5,10H,6-7H2,(H,11,12);4,6H,1-3H2,(H,7,8)/t;4-/m.0/s1. The third kappa shape index (κ3) is 6.86. The maximum Gasteiger partial charge on any atom is 0.320 e. The molecule has 1 heterocycles. The van der Waals surface area contributed by atoms with E-state index in [0.717, 1.165) is 24.9 Å². The van der Waals surface area contributed by atoms with Crippen LogP contribution in [-0.4, -0.2) is 41.3 Å². The zero-order valence-electron chi connectivity index (χ0n) is 11.2. The molecule has 1 saturated heterocycles. The third-order valence-electron chi connectivity index (χ3n) is 2.81. The van der Waals surface area contributed by atoms with Crippen molar-refractivity contribution in [2.45, 2.75) is 25.4 Å². The summed E-state index contributed by atoms with van der Waals surface area (Å²) in [7, 11) is 0. The van der Waals surface area contributed by atoms with Gasteiger partial charge < -0.3 is 20.8 Å². The summed E-state index contributed by atoms with van der Waals surface area (Å²) in [4.78, 5) is 20.3. The minimum Gasteiger partial charge on any atom is -0.480 e. The molecule has 6 nitrogen and oxygen atoms in total. The van der Waals surface area contributed by atoms with E-state index < -0.39 is 11.9 Å². The highest BCUT2D eigenvalue weighted by Gasteiger charge is 2.20. The van der Waals surface area contributed by atoms with Crippen molar-refractivity contribution in [1.82, 2.24) is 10.6 Å². The van der Waals surface area contributed by atoms with E-state index in [0.29, 0.717) is 6.54 Å². The number of carboxylic acids is 2. The van der Waals surface area contributed by atoms with Crippen LogP contribution in [0, 0.1) is 0 Å². The van der Waals surface area contributed by atoms with Crippen molar-refractivity contribution < 1.29 is 19.8 Å². The summed E-state index contributed by atoms with van der Waals surface area (Å²) in [5.41, 5.74) is 1.10. The second-order valence-corrected chi connectivity index (χ2v) is 4.47. The first kappa shape index (κ1) is 16.1. The number of rotatable bonds is 5. The summed E-state index contributed by atoms with van der Waals surface area (Å²) in [5.74, 6) is -1.55. The van der Waals surface area contributed by atoms with Gasteiger partial charge in [-0.1, -0.05) is 30.3 Å². The van der Waals surface area contributed by atoms with Gasteiger partial charge in [-0.05, 0) is 24.9 Å². The molecule has 0 bridgehead atoms. The van der Waals surface area contributed by atoms with Crippen LogP contribution >= 0.6 is 0 Å². The third-order valence-corrected chi connectivity index (χ3v) is 2.81. The van der Waals surface area contributed by atoms with Crippen LogP contribution in [-0.2, 0) is 16.1 Å². The number of benzene rings is 1. The molecule has 20 heavy (non-hydrogen) atoms. The Balaban J connectivity index is 0.000000217. The van der Waals surface area contributed by atoms with Gasteiger partial charge in [0.25, 0.3) is 0 Å². The molecule has 4 N–H and O–H groups in total. The van der Waals surface area contributed by atoms with Crippen LogP contribution in [0.1, 0.15) is 18.4 Å². The van der Waals surface area contributed by atoms with Crippen molar-refractivity contribution in [1.29, 1.82) is 0 Å². The molecule has 0 radical (unpaired) electrons. The minimum absolute atomic E-state index is 0.00882. The van der Waals surface area contributed by atoms with Gasteiger partial charge in [0.1, 0.15) is 6.04 Å². The molecule has 1 aromatic carbocycles. The second-order valence-electron chi connectivity index (χ2n) is 4.47. The van der Waals surface area contributed by atoms with E-state index in [9.17, 15) is 9.59 Å². The average molecular weight is 280 g/mol. The molecule has 0 spiro atoms. The molecule has 110 valence electrons. The average Bonchev–Trinajstić information content (AvgIpc) is 2.94. The fourth-order valence-electron chi connectivity index (χ4n) is 1.80. The van der Waals surface area contributed by atoms with Crippen molar-refractivity contribution in [2.24, 2.45) is 0 Å². The predicted octanol–water partition coefficient (Wildman–Crippen LogP) is 0.684. The number of hydrogen-bond acceptors (Lipinski definition) is 4. The van der Waals surface area contributed by atoms with Crippen LogP contribution in [0.4, 0.5) is 0 Å². The van der Waals surface area contributed by atoms with E-state index in [1.165, 1.54) is 0 Å². The fourth-order valence-corrected chi connectivity index (χ4v) is 1.80. The molecule has 1 aliphatic heterocycles. The normalized spacial score (nSPS) is 17.1. The summed E-state index contributed by atoms with van der Waals surface area (Å²) < 4.78 is 0. The van der Waals surface area contributed by atoms with Gasteiger partial charge >= 0.3 is 11.9 Å². The lowest BCUT2D eigenvalue weighted by Crippen LogP contribution is -2.29. The molecule has 0 aliphatic carbocycles. The summed E-state index contributed by atoms with van der Waals surface area (Å²) in [6, 6.07) is 9.43. The summed E-state index contributed by atoms with van der Waals surface area (Å²) in [6.07, 6.45) is 1.78. The molecule has 1 atom stereocenters. The summed E-state index contributed by atoms with van der Waals surface area (Å²) >= 11 is 0. The van der Waals surface area contributed by atoms with Gasteiger partial charge in [-0.25, -0.2) is 0 Å². The molecular weight excluding hydrogens is 260 g/mol. The van der Waals surface area contributed by atoms with Gasteiger partial charge in [0.2, 0.25) is 0 Å². The molecule has 0 saturated carbocycles. The fraction of sp³-hybridized carbons (Fsp3) is 0.429. The number of hydrogen-bond donors (Lipinski definition) is 4. The topological polar surface area (TPSA) is 98.7 Å². The van der Waals surface area contributed by atoms with Gasteiger partial charge in [0, 0.05) is 6.54 Å². The van der Waals surface area contributed by atoms with Crippen molar-refractivity contribution in [3.63, 3.8) is 0 Å². The zero-order chi connectivity index (χ0) is 14.8. The Kier molecular flexibility index (Phi) is 7.31. The lowest BCUT2D eigenvalue weighted by molar-refractivity contribution is -0.139. The van der Waals surface area contributed by atoms with E-state index in [2.05, 4.69) is 10.6 Å². The molecule has 0 aromatic heterocycles. The lowest BCUT2D eigenvalue weighted by atomic mass is 10.2. The maximum atomic E-state index is 10.1. The van der Waals surface area contributed by atoms with Crippen LogP contribution < -0.4 is 10.6 Å². The van der Waals surface area contributed by atoms with Gasteiger partial charge in [-0.3, -0.25) is 9.59 Å². The predicted molar refractivity (Wildman–Crippen MR) is 74.4 cm³/mol. The van der Waals surface area contributed by atoms with Crippen molar-refractivity contribution in [3.8, 4) is 0 Å². The highest BCUT2D eigenvalue weighted by Crippen LogP contribution is 2.03. The monoisotopic (exact) mass is 280 g/mol. The smallest absolute Gasteiger partial charge is 0.320 e. The van der Waals surface area contributed by atoms with Crippen LogP contribution in [0.5, 0.6) is 0 Å². The summed E-state index contributed by atoms with van der Waals surface area (Å²) in [5, 5.41) is 22.3. The number of carboxylic acid groups (broad SMARTS) is 2. The number of carbonyl (C=O) groups is 2. The quantitative estimate of drug-likeness (QED) is 0.633. The molecule has 2 rings (SSSR count). The molecule has 1 aromatic rings. The van der Waals surface area contributed by atoms with E-state index in [1.807, 2.05) is 30.3 Å². The van der Waals surface area contributed by atoms with Gasteiger partial charge in [0.15, 0.2) is 0 Å². The summed E-state index contributed by atoms with van der Waals surface area (Å²) in [6.45, 7) is 1.47. The molecule has 0 unspecified atom stereocenters. The molecule has 6 heteroatoms. The van der Waals surface area contributed by atoms with Crippen molar-refractivity contribution >= 4 is 11.9 Å². The van der Waals surface area contributed by atoms with Crippen LogP contribution in [0.25, 0.3) is 0 Å². The first-order valence-corrected chi connectivity index (χ1v) is 6.52. The van der Waals surface area contributed by atoms with Crippen LogP contribution in [0.3, 0.4) is 0 Å². The Morgan fingerprint density at radius 2 is 1.95 bits per heavy atom. The van der Waals surface area contributed by atoms with E-state index in [1.54, 1.807) is 0 Å². The maximum absolute atomic E-state index is 10.1. The Hall–Kier alpha value is -1.92. The lowest BCUT2D eigenvalue weighted by Gasteiger charge is -2.00. The highest BCUT2D eigenvalue weighted by atomic mass is 16.4. The zero-order valence-corrected chi connectivity index (χ0v) is 11.2. The molecule has 1 fully saturated rings. The number of aliphatic carboxylic acids is 2. The molecular formula is C14H20N2O4. The Morgan fingerprint density at radius 3 is 2.40 bits per heavy atom. The highest BCUT2D eigenvalue weighted by molar-refractivity contribution is 5.73. The Morgan fingerprint density at radius 1 is 1.25 bits per heavy atom.